The molecule has 1 aliphatic rings. The Morgan fingerprint density at radius 3 is 2.46 bits per heavy atom. The summed E-state index contributed by atoms with van der Waals surface area (Å²) in [5.41, 5.74) is 0.755. The van der Waals surface area contributed by atoms with Crippen LogP contribution in [0, 0.1) is 0 Å². The summed E-state index contributed by atoms with van der Waals surface area (Å²) in [6.45, 7) is 2.03. The van der Waals surface area contributed by atoms with E-state index in [1.54, 1.807) is 0 Å². The first-order valence-electron chi connectivity index (χ1n) is 4.60. The van der Waals surface area contributed by atoms with Gasteiger partial charge in [0.05, 0.1) is 5.60 Å². The van der Waals surface area contributed by atoms with E-state index in [1.807, 2.05) is 37.3 Å². The first kappa shape index (κ1) is 8.79. The van der Waals surface area contributed by atoms with Crippen molar-refractivity contribution in [3.8, 4) is 0 Å². The average Bonchev–Trinajstić information content (AvgIpc) is 2.85. The maximum absolute atomic E-state index is 9.67. The Hall–Kier alpha value is -0.795. The minimum atomic E-state index is -0.770. The van der Waals surface area contributed by atoms with Gasteiger partial charge in [-0.1, -0.05) is 30.3 Å². The van der Waals surface area contributed by atoms with Crippen molar-refractivity contribution < 1.29 is 9.68 Å². The van der Waals surface area contributed by atoms with Crippen molar-refractivity contribution in [2.75, 3.05) is 0 Å². The molecule has 1 N–H and O–H groups in total. The van der Waals surface area contributed by atoms with Gasteiger partial charge in [-0.25, -0.2) is 0 Å². The van der Waals surface area contributed by atoms with Crippen molar-refractivity contribution >= 4 is 12.6 Å². The molecular weight excluding hydrogens is 163 g/mol. The average molecular weight is 176 g/mol. The van der Waals surface area contributed by atoms with Gasteiger partial charge in [-0.3, -0.25) is 0 Å². The molecule has 0 bridgehead atoms. The summed E-state index contributed by atoms with van der Waals surface area (Å²) < 4.78 is 5.49. The van der Waals surface area contributed by atoms with E-state index in [2.05, 4.69) is 0 Å². The second-order valence-electron chi connectivity index (χ2n) is 3.83. The van der Waals surface area contributed by atoms with Crippen molar-refractivity contribution in [3.05, 3.63) is 30.3 Å². The summed E-state index contributed by atoms with van der Waals surface area (Å²) in [6, 6.07) is 9.47. The summed E-state index contributed by atoms with van der Waals surface area (Å²) in [5, 5.41) is 9.67. The van der Waals surface area contributed by atoms with Gasteiger partial charge >= 0.3 is 7.12 Å². The molecule has 0 amide bonds. The minimum absolute atomic E-state index is 0.0741. The van der Waals surface area contributed by atoms with Crippen molar-refractivity contribution in [1.29, 1.82) is 0 Å². The van der Waals surface area contributed by atoms with Crippen LogP contribution >= 0.6 is 0 Å². The zero-order valence-corrected chi connectivity index (χ0v) is 7.73. The van der Waals surface area contributed by atoms with E-state index in [0.717, 1.165) is 18.3 Å². The molecule has 0 atom stereocenters. The molecule has 0 radical (unpaired) electrons. The Balaban J connectivity index is 2.01. The second kappa shape index (κ2) is 3.16. The van der Waals surface area contributed by atoms with Crippen LogP contribution in [0.5, 0.6) is 0 Å². The van der Waals surface area contributed by atoms with Gasteiger partial charge in [-0.2, -0.15) is 0 Å². The molecule has 1 saturated carbocycles. The van der Waals surface area contributed by atoms with Gasteiger partial charge < -0.3 is 9.68 Å². The topological polar surface area (TPSA) is 29.5 Å². The molecule has 0 aromatic heterocycles. The lowest BCUT2D eigenvalue weighted by atomic mass is 9.79. The molecule has 1 aromatic carbocycles. The Morgan fingerprint density at radius 1 is 1.31 bits per heavy atom. The Morgan fingerprint density at radius 2 is 1.92 bits per heavy atom. The van der Waals surface area contributed by atoms with Crippen molar-refractivity contribution in [2.45, 2.75) is 25.4 Å². The van der Waals surface area contributed by atoms with Gasteiger partial charge in [-0.15, -0.1) is 0 Å². The van der Waals surface area contributed by atoms with E-state index in [0.29, 0.717) is 0 Å². The van der Waals surface area contributed by atoms with Crippen LogP contribution < -0.4 is 5.46 Å². The number of rotatable bonds is 3. The standard InChI is InChI=1S/C10H13BO2/c1-10(7-8-10)13-11(12)9-5-3-2-4-6-9/h2-6,12H,7-8H2,1H3. The van der Waals surface area contributed by atoms with Crippen LogP contribution in [0.15, 0.2) is 30.3 Å². The Bertz CT molecular complexity index is 282. The minimum Gasteiger partial charge on any atom is -0.423 e. The van der Waals surface area contributed by atoms with Gasteiger partial charge in [0.15, 0.2) is 0 Å². The molecule has 1 aromatic rings. The third-order valence-electron chi connectivity index (χ3n) is 2.43. The van der Waals surface area contributed by atoms with Crippen LogP contribution in [0.2, 0.25) is 0 Å². The van der Waals surface area contributed by atoms with Crippen LogP contribution in [0.1, 0.15) is 19.8 Å². The summed E-state index contributed by atoms with van der Waals surface area (Å²) in [6.07, 6.45) is 2.10. The molecule has 2 nitrogen and oxygen atoms in total. The zero-order chi connectivity index (χ0) is 9.31. The molecule has 13 heavy (non-hydrogen) atoms. The molecule has 0 spiro atoms. The number of benzene rings is 1. The molecule has 68 valence electrons. The van der Waals surface area contributed by atoms with Crippen LogP contribution in [0.3, 0.4) is 0 Å². The smallest absolute Gasteiger partial charge is 0.423 e. The number of hydrogen-bond acceptors (Lipinski definition) is 2. The largest absolute Gasteiger partial charge is 0.491 e. The molecule has 0 unspecified atom stereocenters. The van der Waals surface area contributed by atoms with E-state index in [1.165, 1.54) is 0 Å². The third-order valence-corrected chi connectivity index (χ3v) is 2.43. The van der Waals surface area contributed by atoms with Gasteiger partial charge in [-0.05, 0) is 25.2 Å². The molecule has 0 aliphatic heterocycles. The van der Waals surface area contributed by atoms with E-state index in [9.17, 15) is 5.02 Å². The van der Waals surface area contributed by atoms with E-state index < -0.39 is 7.12 Å². The lowest BCUT2D eigenvalue weighted by Gasteiger charge is -2.13. The lowest BCUT2D eigenvalue weighted by molar-refractivity contribution is 0.169. The zero-order valence-electron chi connectivity index (χ0n) is 7.73. The summed E-state index contributed by atoms with van der Waals surface area (Å²) >= 11 is 0. The maximum atomic E-state index is 9.67. The molecule has 1 aliphatic carbocycles. The number of hydrogen-bond donors (Lipinski definition) is 1. The van der Waals surface area contributed by atoms with Crippen molar-refractivity contribution in [3.63, 3.8) is 0 Å². The fourth-order valence-corrected chi connectivity index (χ4v) is 1.25. The molecule has 0 heterocycles. The van der Waals surface area contributed by atoms with E-state index in [-0.39, 0.29) is 5.60 Å². The highest BCUT2D eigenvalue weighted by Gasteiger charge is 2.41. The van der Waals surface area contributed by atoms with Crippen LogP contribution in [-0.4, -0.2) is 17.7 Å². The predicted molar refractivity (Wildman–Crippen MR) is 52.8 cm³/mol. The summed E-state index contributed by atoms with van der Waals surface area (Å²) in [7, 11) is -0.770. The molecule has 2 rings (SSSR count). The van der Waals surface area contributed by atoms with E-state index in [4.69, 9.17) is 4.65 Å². The van der Waals surface area contributed by atoms with Gasteiger partial charge in [0.2, 0.25) is 0 Å². The fraction of sp³-hybridized carbons (Fsp3) is 0.400. The highest BCUT2D eigenvalue weighted by atomic mass is 16.5. The monoisotopic (exact) mass is 176 g/mol. The van der Waals surface area contributed by atoms with Gasteiger partial charge in [0, 0.05) is 0 Å². The maximum Gasteiger partial charge on any atom is 0.491 e. The first-order valence-corrected chi connectivity index (χ1v) is 4.60. The molecule has 3 heteroatoms. The van der Waals surface area contributed by atoms with Crippen molar-refractivity contribution in [2.24, 2.45) is 0 Å². The normalized spacial score (nSPS) is 18.3. The Labute approximate surface area is 78.7 Å². The van der Waals surface area contributed by atoms with E-state index >= 15 is 0 Å². The first-order chi connectivity index (χ1) is 6.20. The lowest BCUT2D eigenvalue weighted by Crippen LogP contribution is -2.37. The second-order valence-corrected chi connectivity index (χ2v) is 3.83. The SMILES string of the molecule is CC1(OB(O)c2ccccc2)CC1. The summed E-state index contributed by atoms with van der Waals surface area (Å²) in [4.78, 5) is 0. The van der Waals surface area contributed by atoms with Crippen LogP contribution in [0.25, 0.3) is 0 Å². The van der Waals surface area contributed by atoms with Crippen molar-refractivity contribution in [1.82, 2.24) is 0 Å². The molecular formula is C10H13BO2. The quantitative estimate of drug-likeness (QED) is 0.694. The Kier molecular flexibility index (Phi) is 2.14. The highest BCUT2D eigenvalue weighted by molar-refractivity contribution is 6.60. The summed E-state index contributed by atoms with van der Waals surface area (Å²) in [5.74, 6) is 0. The van der Waals surface area contributed by atoms with Gasteiger partial charge in [0.1, 0.15) is 0 Å². The van der Waals surface area contributed by atoms with Crippen LogP contribution in [0.4, 0.5) is 0 Å². The van der Waals surface area contributed by atoms with Gasteiger partial charge in [0.25, 0.3) is 0 Å². The predicted octanol–water partition coefficient (Wildman–Crippen LogP) is 0.943. The third kappa shape index (κ3) is 2.11. The molecule has 0 saturated heterocycles. The molecule has 1 fully saturated rings. The van der Waals surface area contributed by atoms with Crippen LogP contribution in [-0.2, 0) is 4.65 Å². The highest BCUT2D eigenvalue weighted by Crippen LogP contribution is 2.38. The fourth-order valence-electron chi connectivity index (χ4n) is 1.25.